The SMILES string of the molecule is Cc1ncc(CO)c(CO)c1O.O=C(O)c1ccccc1. The highest BCUT2D eigenvalue weighted by Gasteiger charge is 2.09. The van der Waals surface area contributed by atoms with Crippen LogP contribution in [0.5, 0.6) is 5.75 Å². The zero-order valence-corrected chi connectivity index (χ0v) is 11.5. The molecule has 1 aromatic heterocycles. The molecule has 0 amide bonds. The molecule has 4 N–H and O–H groups in total. The van der Waals surface area contributed by atoms with Crippen molar-refractivity contribution in [3.63, 3.8) is 0 Å². The van der Waals surface area contributed by atoms with Gasteiger partial charge in [0.25, 0.3) is 0 Å². The lowest BCUT2D eigenvalue weighted by Crippen LogP contribution is -1.98. The Hall–Kier alpha value is -2.44. The van der Waals surface area contributed by atoms with Crippen molar-refractivity contribution in [3.05, 3.63) is 58.9 Å². The minimum Gasteiger partial charge on any atom is -0.506 e. The molecule has 0 bridgehead atoms. The summed E-state index contributed by atoms with van der Waals surface area (Å²) < 4.78 is 0. The third-order valence-electron chi connectivity index (χ3n) is 2.78. The van der Waals surface area contributed by atoms with Crippen LogP contribution in [0.1, 0.15) is 27.2 Å². The van der Waals surface area contributed by atoms with E-state index < -0.39 is 5.97 Å². The number of aromatic carboxylic acids is 1. The van der Waals surface area contributed by atoms with E-state index in [0.29, 0.717) is 22.4 Å². The van der Waals surface area contributed by atoms with Crippen LogP contribution >= 0.6 is 0 Å². The number of pyridine rings is 1. The highest BCUT2D eigenvalue weighted by molar-refractivity contribution is 5.87. The Bertz CT molecular complexity index is 599. The van der Waals surface area contributed by atoms with Gasteiger partial charge in [0.15, 0.2) is 0 Å². The predicted molar refractivity (Wildman–Crippen MR) is 75.9 cm³/mol. The van der Waals surface area contributed by atoms with E-state index in [4.69, 9.17) is 15.3 Å². The van der Waals surface area contributed by atoms with Crippen LogP contribution in [0.15, 0.2) is 36.5 Å². The maximum Gasteiger partial charge on any atom is 0.335 e. The van der Waals surface area contributed by atoms with Gasteiger partial charge in [0.05, 0.1) is 24.5 Å². The van der Waals surface area contributed by atoms with Gasteiger partial charge in [-0.25, -0.2) is 4.79 Å². The molecule has 0 fully saturated rings. The first kappa shape index (κ1) is 16.6. The molecular formula is C15H17NO5. The lowest BCUT2D eigenvalue weighted by molar-refractivity contribution is 0.0697. The Kier molecular flexibility index (Phi) is 6.32. The van der Waals surface area contributed by atoms with Crippen molar-refractivity contribution in [3.8, 4) is 5.75 Å². The van der Waals surface area contributed by atoms with E-state index in [1.54, 1.807) is 37.3 Å². The van der Waals surface area contributed by atoms with Crippen LogP contribution in [0, 0.1) is 6.92 Å². The molecule has 0 saturated heterocycles. The van der Waals surface area contributed by atoms with E-state index in [1.165, 1.54) is 6.20 Å². The number of aromatic nitrogens is 1. The molecule has 0 saturated carbocycles. The Morgan fingerprint density at radius 3 is 2.19 bits per heavy atom. The number of benzene rings is 1. The fourth-order valence-corrected chi connectivity index (χ4v) is 1.58. The van der Waals surface area contributed by atoms with Crippen molar-refractivity contribution in [2.24, 2.45) is 0 Å². The molecule has 0 aliphatic rings. The third kappa shape index (κ3) is 4.55. The first-order valence-electron chi connectivity index (χ1n) is 6.17. The Morgan fingerprint density at radius 1 is 1.14 bits per heavy atom. The zero-order valence-electron chi connectivity index (χ0n) is 11.5. The quantitative estimate of drug-likeness (QED) is 0.681. The lowest BCUT2D eigenvalue weighted by Gasteiger charge is -2.07. The molecule has 2 rings (SSSR count). The summed E-state index contributed by atoms with van der Waals surface area (Å²) >= 11 is 0. The fourth-order valence-electron chi connectivity index (χ4n) is 1.58. The second kappa shape index (κ2) is 7.98. The number of carboxylic acids is 1. The van der Waals surface area contributed by atoms with Gasteiger partial charge in [-0.15, -0.1) is 0 Å². The van der Waals surface area contributed by atoms with Crippen molar-refractivity contribution < 1.29 is 25.2 Å². The lowest BCUT2D eigenvalue weighted by atomic mass is 10.1. The van der Waals surface area contributed by atoms with E-state index in [2.05, 4.69) is 4.98 Å². The van der Waals surface area contributed by atoms with Crippen molar-refractivity contribution >= 4 is 5.97 Å². The Labute approximate surface area is 122 Å². The van der Waals surface area contributed by atoms with E-state index in [1.807, 2.05) is 0 Å². The van der Waals surface area contributed by atoms with Gasteiger partial charge in [-0.3, -0.25) is 4.98 Å². The summed E-state index contributed by atoms with van der Waals surface area (Å²) in [7, 11) is 0. The summed E-state index contributed by atoms with van der Waals surface area (Å²) in [5.41, 5.74) is 1.60. The molecule has 0 spiro atoms. The van der Waals surface area contributed by atoms with Gasteiger partial charge in [0.2, 0.25) is 0 Å². The van der Waals surface area contributed by atoms with Crippen LogP contribution in [-0.2, 0) is 13.2 Å². The summed E-state index contributed by atoms with van der Waals surface area (Å²) in [6.07, 6.45) is 1.45. The number of aromatic hydroxyl groups is 1. The normalized spacial score (nSPS) is 9.67. The van der Waals surface area contributed by atoms with Crippen LogP contribution in [0.3, 0.4) is 0 Å². The molecule has 1 aromatic carbocycles. The van der Waals surface area contributed by atoms with Gasteiger partial charge in [0, 0.05) is 17.3 Å². The molecule has 0 unspecified atom stereocenters. The van der Waals surface area contributed by atoms with Crippen molar-refractivity contribution in [2.45, 2.75) is 20.1 Å². The molecule has 0 atom stereocenters. The molecule has 0 aliphatic heterocycles. The van der Waals surface area contributed by atoms with Gasteiger partial charge < -0.3 is 20.4 Å². The number of aliphatic hydroxyl groups is 2. The minimum absolute atomic E-state index is 0.0379. The largest absolute Gasteiger partial charge is 0.506 e. The summed E-state index contributed by atoms with van der Waals surface area (Å²) in [5.74, 6) is -0.917. The molecule has 2 aromatic rings. The first-order chi connectivity index (χ1) is 10.0. The molecular weight excluding hydrogens is 274 g/mol. The maximum atomic E-state index is 10.2. The van der Waals surface area contributed by atoms with Gasteiger partial charge >= 0.3 is 5.97 Å². The average molecular weight is 291 g/mol. The Balaban J connectivity index is 0.000000219. The summed E-state index contributed by atoms with van der Waals surface area (Å²) in [6.45, 7) is 1.12. The van der Waals surface area contributed by atoms with Crippen molar-refractivity contribution in [2.75, 3.05) is 0 Å². The second-order valence-corrected chi connectivity index (χ2v) is 4.18. The number of carboxylic acid groups (broad SMARTS) is 1. The monoisotopic (exact) mass is 291 g/mol. The minimum atomic E-state index is -0.879. The molecule has 6 nitrogen and oxygen atoms in total. The van der Waals surface area contributed by atoms with E-state index >= 15 is 0 Å². The number of aryl methyl sites for hydroxylation is 1. The summed E-state index contributed by atoms with van der Waals surface area (Å²) in [6, 6.07) is 8.30. The second-order valence-electron chi connectivity index (χ2n) is 4.18. The molecule has 0 aliphatic carbocycles. The van der Waals surface area contributed by atoms with Crippen LogP contribution in [0.2, 0.25) is 0 Å². The Morgan fingerprint density at radius 2 is 1.76 bits per heavy atom. The van der Waals surface area contributed by atoms with Gasteiger partial charge in [0.1, 0.15) is 5.75 Å². The van der Waals surface area contributed by atoms with E-state index in [9.17, 15) is 9.90 Å². The summed E-state index contributed by atoms with van der Waals surface area (Å²) in [4.78, 5) is 14.0. The van der Waals surface area contributed by atoms with Crippen LogP contribution < -0.4 is 0 Å². The third-order valence-corrected chi connectivity index (χ3v) is 2.78. The molecule has 1 heterocycles. The first-order valence-corrected chi connectivity index (χ1v) is 6.17. The molecule has 0 radical (unpaired) electrons. The standard InChI is InChI=1S/C8H11NO3.C7H6O2/c1-5-8(12)7(4-11)6(3-10)2-9-5;8-7(9)6-4-2-1-3-5-6/h2,10-12H,3-4H2,1H3;1-5H,(H,8,9). The van der Waals surface area contributed by atoms with E-state index in [0.717, 1.165) is 0 Å². The number of aliphatic hydroxyl groups excluding tert-OH is 2. The predicted octanol–water partition coefficient (Wildman–Crippen LogP) is 1.47. The maximum absolute atomic E-state index is 10.2. The highest BCUT2D eigenvalue weighted by atomic mass is 16.4. The number of hydrogen-bond acceptors (Lipinski definition) is 5. The number of nitrogens with zero attached hydrogens (tertiary/aromatic N) is 1. The average Bonchev–Trinajstić information content (AvgIpc) is 2.51. The number of rotatable bonds is 3. The molecule has 6 heteroatoms. The van der Waals surface area contributed by atoms with Gasteiger partial charge in [-0.2, -0.15) is 0 Å². The van der Waals surface area contributed by atoms with Crippen molar-refractivity contribution in [1.82, 2.24) is 4.98 Å². The number of carbonyl (C=O) groups is 1. The van der Waals surface area contributed by atoms with Crippen LogP contribution in [0.25, 0.3) is 0 Å². The van der Waals surface area contributed by atoms with Gasteiger partial charge in [-0.1, -0.05) is 18.2 Å². The smallest absolute Gasteiger partial charge is 0.335 e. The molecule has 21 heavy (non-hydrogen) atoms. The van der Waals surface area contributed by atoms with Crippen LogP contribution in [0.4, 0.5) is 0 Å². The van der Waals surface area contributed by atoms with Crippen LogP contribution in [-0.4, -0.2) is 31.4 Å². The zero-order chi connectivity index (χ0) is 15.8. The number of hydrogen-bond donors (Lipinski definition) is 4. The van der Waals surface area contributed by atoms with Crippen molar-refractivity contribution in [1.29, 1.82) is 0 Å². The highest BCUT2D eigenvalue weighted by Crippen LogP contribution is 2.23. The topological polar surface area (TPSA) is 111 Å². The van der Waals surface area contributed by atoms with E-state index in [-0.39, 0.29) is 19.0 Å². The fraction of sp³-hybridized carbons (Fsp3) is 0.200. The summed E-state index contributed by atoms with van der Waals surface area (Å²) in [5, 5.41) is 35.4. The van der Waals surface area contributed by atoms with Gasteiger partial charge in [-0.05, 0) is 19.1 Å². The molecule has 112 valence electrons.